The smallest absolute Gasteiger partial charge is 0.237 e. The Labute approximate surface area is 98.8 Å². The summed E-state index contributed by atoms with van der Waals surface area (Å²) in [7, 11) is 2.04. The van der Waals surface area contributed by atoms with Gasteiger partial charge < -0.3 is 10.6 Å². The molecule has 0 aliphatic carbocycles. The van der Waals surface area contributed by atoms with Gasteiger partial charge in [-0.2, -0.15) is 0 Å². The van der Waals surface area contributed by atoms with E-state index in [0.717, 1.165) is 25.9 Å². The number of carbonyl (C=O) groups is 1. The topological polar surface area (TPSA) is 44.4 Å². The Balaban J connectivity index is 2.42. The summed E-state index contributed by atoms with van der Waals surface area (Å²) in [6.45, 7) is 8.17. The van der Waals surface area contributed by atoms with Crippen LogP contribution < -0.4 is 10.6 Å². The van der Waals surface area contributed by atoms with Crippen molar-refractivity contribution in [3.05, 3.63) is 0 Å². The van der Waals surface area contributed by atoms with Crippen LogP contribution in [0.5, 0.6) is 0 Å². The number of likely N-dealkylation sites (N-methyl/N-ethyl adjacent to an activating group) is 1. The lowest BCUT2D eigenvalue weighted by Crippen LogP contribution is -2.50. The number of nitrogens with zero attached hydrogens (tertiary/aromatic N) is 1. The molecular weight excluding hydrogens is 202 g/mol. The molecule has 0 saturated carbocycles. The van der Waals surface area contributed by atoms with Crippen LogP contribution in [-0.4, -0.2) is 49.1 Å². The van der Waals surface area contributed by atoms with Crippen LogP contribution in [0.15, 0.2) is 0 Å². The summed E-state index contributed by atoms with van der Waals surface area (Å²) < 4.78 is 0. The highest BCUT2D eigenvalue weighted by Crippen LogP contribution is 2.10. The first-order valence-corrected chi connectivity index (χ1v) is 6.29. The van der Waals surface area contributed by atoms with E-state index in [4.69, 9.17) is 0 Å². The molecule has 0 aromatic heterocycles. The molecule has 0 aromatic carbocycles. The second-order valence-electron chi connectivity index (χ2n) is 4.81. The van der Waals surface area contributed by atoms with E-state index in [0.29, 0.717) is 6.04 Å². The highest BCUT2D eigenvalue weighted by Gasteiger charge is 2.27. The third-order valence-corrected chi connectivity index (χ3v) is 3.60. The summed E-state index contributed by atoms with van der Waals surface area (Å²) in [5.74, 6) is 0.142. The molecule has 16 heavy (non-hydrogen) atoms. The quantitative estimate of drug-likeness (QED) is 0.722. The van der Waals surface area contributed by atoms with Crippen molar-refractivity contribution in [2.45, 2.75) is 51.7 Å². The van der Waals surface area contributed by atoms with E-state index >= 15 is 0 Å². The van der Waals surface area contributed by atoms with E-state index in [1.165, 1.54) is 0 Å². The van der Waals surface area contributed by atoms with Crippen LogP contribution in [0.3, 0.4) is 0 Å². The van der Waals surface area contributed by atoms with Gasteiger partial charge in [-0.15, -0.1) is 0 Å². The van der Waals surface area contributed by atoms with Crippen LogP contribution in [0.25, 0.3) is 0 Å². The fraction of sp³-hybridized carbons (Fsp3) is 0.917. The maximum atomic E-state index is 11.9. The average Bonchev–Trinajstić information content (AvgIpc) is 2.80. The van der Waals surface area contributed by atoms with E-state index in [9.17, 15) is 4.79 Å². The van der Waals surface area contributed by atoms with Crippen molar-refractivity contribution < 1.29 is 4.79 Å². The van der Waals surface area contributed by atoms with Gasteiger partial charge in [-0.3, -0.25) is 9.69 Å². The first-order chi connectivity index (χ1) is 7.56. The number of hydrogen-bond acceptors (Lipinski definition) is 3. The Hall–Kier alpha value is -0.610. The van der Waals surface area contributed by atoms with Crippen LogP contribution in [0.4, 0.5) is 0 Å². The third-order valence-electron chi connectivity index (χ3n) is 3.60. The second-order valence-corrected chi connectivity index (χ2v) is 4.81. The molecule has 3 unspecified atom stereocenters. The highest BCUT2D eigenvalue weighted by atomic mass is 16.2. The van der Waals surface area contributed by atoms with Gasteiger partial charge in [0.2, 0.25) is 5.91 Å². The van der Waals surface area contributed by atoms with Gasteiger partial charge in [-0.1, -0.05) is 6.92 Å². The Bertz CT molecular complexity index is 226. The second kappa shape index (κ2) is 6.21. The summed E-state index contributed by atoms with van der Waals surface area (Å²) in [5, 5.41) is 6.36. The Morgan fingerprint density at radius 3 is 2.75 bits per heavy atom. The molecule has 0 aromatic rings. The van der Waals surface area contributed by atoms with Gasteiger partial charge >= 0.3 is 0 Å². The molecule has 4 heteroatoms. The van der Waals surface area contributed by atoms with Crippen LogP contribution in [0, 0.1) is 0 Å². The van der Waals surface area contributed by atoms with Gasteiger partial charge in [0.25, 0.3) is 0 Å². The molecule has 1 fully saturated rings. The summed E-state index contributed by atoms with van der Waals surface area (Å²) in [5.41, 5.74) is 0. The van der Waals surface area contributed by atoms with Crippen LogP contribution in [0.1, 0.15) is 33.6 Å². The summed E-state index contributed by atoms with van der Waals surface area (Å²) in [6, 6.07) is 0.724. The molecule has 1 rings (SSSR count). The van der Waals surface area contributed by atoms with Gasteiger partial charge in [0.1, 0.15) is 0 Å². The zero-order chi connectivity index (χ0) is 12.1. The molecule has 1 aliphatic heterocycles. The molecule has 3 atom stereocenters. The Morgan fingerprint density at radius 1 is 1.56 bits per heavy atom. The zero-order valence-corrected chi connectivity index (χ0v) is 10.9. The van der Waals surface area contributed by atoms with Crippen molar-refractivity contribution in [3.8, 4) is 0 Å². The molecule has 1 aliphatic rings. The monoisotopic (exact) mass is 227 g/mol. The van der Waals surface area contributed by atoms with Crippen LogP contribution in [0.2, 0.25) is 0 Å². The number of amides is 1. The zero-order valence-electron chi connectivity index (χ0n) is 10.9. The minimum Gasteiger partial charge on any atom is -0.352 e. The fourth-order valence-corrected chi connectivity index (χ4v) is 1.95. The molecule has 2 N–H and O–H groups in total. The number of carbonyl (C=O) groups excluding carboxylic acids is 1. The molecule has 0 radical (unpaired) electrons. The van der Waals surface area contributed by atoms with Crippen molar-refractivity contribution in [1.82, 2.24) is 15.5 Å². The van der Waals surface area contributed by atoms with Crippen molar-refractivity contribution in [1.29, 1.82) is 0 Å². The van der Waals surface area contributed by atoms with Crippen molar-refractivity contribution in [2.24, 2.45) is 0 Å². The predicted molar refractivity (Wildman–Crippen MR) is 66.4 cm³/mol. The number of hydrogen-bond donors (Lipinski definition) is 2. The highest BCUT2D eigenvalue weighted by molar-refractivity contribution is 5.81. The van der Waals surface area contributed by atoms with Gasteiger partial charge in [0.05, 0.1) is 6.04 Å². The van der Waals surface area contributed by atoms with Crippen molar-refractivity contribution in [2.75, 3.05) is 20.1 Å². The normalized spacial score (nSPS) is 24.4. The third kappa shape index (κ3) is 3.46. The number of rotatable bonds is 5. The van der Waals surface area contributed by atoms with Crippen molar-refractivity contribution in [3.63, 3.8) is 0 Å². The van der Waals surface area contributed by atoms with E-state index in [1.54, 1.807) is 0 Å². The molecule has 0 spiro atoms. The molecular formula is C12H25N3O. The minimum atomic E-state index is -0.0427. The summed E-state index contributed by atoms with van der Waals surface area (Å²) in [4.78, 5) is 14.1. The first-order valence-electron chi connectivity index (χ1n) is 6.29. The minimum absolute atomic E-state index is 0.0427. The first kappa shape index (κ1) is 13.5. The molecule has 1 saturated heterocycles. The predicted octanol–water partition coefficient (Wildman–Crippen LogP) is 0.583. The standard InChI is InChI=1S/C12H25N3O/c1-5-9(2)14-12(16)10(3)15(4)11-6-7-13-8-11/h9-11,13H,5-8H2,1-4H3,(H,14,16). The van der Waals surface area contributed by atoms with Crippen LogP contribution >= 0.6 is 0 Å². The molecule has 94 valence electrons. The van der Waals surface area contributed by atoms with Gasteiger partial charge in [0.15, 0.2) is 0 Å². The lowest BCUT2D eigenvalue weighted by molar-refractivity contribution is -0.126. The maximum Gasteiger partial charge on any atom is 0.237 e. The van der Waals surface area contributed by atoms with Crippen molar-refractivity contribution >= 4 is 5.91 Å². The largest absolute Gasteiger partial charge is 0.352 e. The van der Waals surface area contributed by atoms with E-state index in [1.807, 2.05) is 20.9 Å². The molecule has 0 bridgehead atoms. The number of nitrogens with one attached hydrogen (secondary N) is 2. The van der Waals surface area contributed by atoms with Gasteiger partial charge in [-0.05, 0) is 40.3 Å². The van der Waals surface area contributed by atoms with Gasteiger partial charge in [-0.25, -0.2) is 0 Å². The Morgan fingerprint density at radius 2 is 2.25 bits per heavy atom. The molecule has 4 nitrogen and oxygen atoms in total. The summed E-state index contributed by atoms with van der Waals surface area (Å²) in [6.07, 6.45) is 2.12. The van der Waals surface area contributed by atoms with E-state index in [-0.39, 0.29) is 18.0 Å². The lowest BCUT2D eigenvalue weighted by atomic mass is 10.1. The van der Waals surface area contributed by atoms with E-state index in [2.05, 4.69) is 22.5 Å². The maximum absolute atomic E-state index is 11.9. The molecule has 1 amide bonds. The molecule has 1 heterocycles. The Kier molecular flexibility index (Phi) is 5.22. The lowest BCUT2D eigenvalue weighted by Gasteiger charge is -2.30. The van der Waals surface area contributed by atoms with Crippen LogP contribution in [-0.2, 0) is 4.79 Å². The van der Waals surface area contributed by atoms with E-state index < -0.39 is 0 Å². The van der Waals surface area contributed by atoms with Gasteiger partial charge in [0, 0.05) is 18.6 Å². The summed E-state index contributed by atoms with van der Waals surface area (Å²) >= 11 is 0. The average molecular weight is 227 g/mol. The fourth-order valence-electron chi connectivity index (χ4n) is 1.95. The SMILES string of the molecule is CCC(C)NC(=O)C(C)N(C)C1CCNC1.